The Labute approximate surface area is 116 Å². The number of fused-ring (bicyclic) bond motifs is 2. The quantitative estimate of drug-likeness (QED) is 0.728. The molecule has 100 valence electrons. The number of hydrogen-bond donors (Lipinski definition) is 0. The van der Waals surface area contributed by atoms with Gasteiger partial charge in [0.15, 0.2) is 8.32 Å². The predicted octanol–water partition coefficient (Wildman–Crippen LogP) is 4.55. The molecule has 0 saturated carbocycles. The summed E-state index contributed by atoms with van der Waals surface area (Å²) in [6, 6.07) is 13.4. The first-order chi connectivity index (χ1) is 9.01. The van der Waals surface area contributed by atoms with E-state index in [-0.39, 0.29) is 0 Å². The number of aryl methyl sites for hydroxylation is 1. The molecule has 2 heteroatoms. The molecule has 1 aliphatic carbocycles. The van der Waals surface area contributed by atoms with Crippen molar-refractivity contribution in [3.05, 3.63) is 47.5 Å². The van der Waals surface area contributed by atoms with Crippen LogP contribution in [0.3, 0.4) is 0 Å². The maximum Gasteiger partial charge on any atom is 0.184 e. The van der Waals surface area contributed by atoms with Crippen molar-refractivity contribution in [3.63, 3.8) is 0 Å². The highest BCUT2D eigenvalue weighted by molar-refractivity contribution is 6.69. The molecule has 0 aromatic heterocycles. The van der Waals surface area contributed by atoms with Gasteiger partial charge in [-0.05, 0) is 60.8 Å². The molecule has 1 aliphatic rings. The van der Waals surface area contributed by atoms with E-state index in [1.165, 1.54) is 28.3 Å². The molecule has 0 bridgehead atoms. The zero-order valence-corrected chi connectivity index (χ0v) is 13.1. The van der Waals surface area contributed by atoms with E-state index in [1.807, 2.05) is 0 Å². The first-order valence-corrected chi connectivity index (χ1v) is 10.6. The summed E-state index contributed by atoms with van der Waals surface area (Å²) >= 11 is 0. The van der Waals surface area contributed by atoms with E-state index in [2.05, 4.69) is 56.0 Å². The van der Waals surface area contributed by atoms with Gasteiger partial charge in [-0.15, -0.1) is 0 Å². The lowest BCUT2D eigenvalue weighted by molar-refractivity contribution is 0.177. The maximum absolute atomic E-state index is 6.29. The highest BCUT2D eigenvalue weighted by Gasteiger charge is 2.25. The van der Waals surface area contributed by atoms with E-state index in [9.17, 15) is 0 Å². The van der Waals surface area contributed by atoms with Gasteiger partial charge >= 0.3 is 0 Å². The first-order valence-electron chi connectivity index (χ1n) is 7.20. The fourth-order valence-corrected chi connectivity index (χ4v) is 4.22. The van der Waals surface area contributed by atoms with Crippen LogP contribution in [-0.4, -0.2) is 14.4 Å². The molecule has 19 heavy (non-hydrogen) atoms. The topological polar surface area (TPSA) is 9.23 Å². The van der Waals surface area contributed by atoms with Gasteiger partial charge in [-0.3, -0.25) is 0 Å². The second kappa shape index (κ2) is 4.77. The van der Waals surface area contributed by atoms with Crippen molar-refractivity contribution in [1.29, 1.82) is 0 Å². The van der Waals surface area contributed by atoms with Crippen LogP contribution in [0.5, 0.6) is 0 Å². The molecule has 1 atom stereocenters. The molecule has 0 fully saturated rings. The largest absolute Gasteiger partial charge is 0.414 e. The molecule has 0 aliphatic heterocycles. The molecular formula is C17H22OSi. The molecule has 3 rings (SSSR count). The highest BCUT2D eigenvalue weighted by Crippen LogP contribution is 2.29. The standard InChI is InChI=1S/C17H22OSi/c1-19(2,3)18-17-9-8-15-10-13-6-4-5-7-14(13)11-16(15)12-17/h4-7,10-11,17H,8-9,12H2,1-3H3. The van der Waals surface area contributed by atoms with Gasteiger partial charge in [0.2, 0.25) is 0 Å². The van der Waals surface area contributed by atoms with E-state index < -0.39 is 8.32 Å². The number of rotatable bonds is 2. The second-order valence-electron chi connectivity index (χ2n) is 6.56. The van der Waals surface area contributed by atoms with Crippen molar-refractivity contribution in [2.24, 2.45) is 0 Å². The smallest absolute Gasteiger partial charge is 0.184 e. The van der Waals surface area contributed by atoms with E-state index in [4.69, 9.17) is 4.43 Å². The van der Waals surface area contributed by atoms with Crippen molar-refractivity contribution >= 4 is 19.1 Å². The minimum absolute atomic E-state index is 0.431. The third kappa shape index (κ3) is 2.90. The van der Waals surface area contributed by atoms with Gasteiger partial charge in [0.25, 0.3) is 0 Å². The minimum Gasteiger partial charge on any atom is -0.414 e. The van der Waals surface area contributed by atoms with Crippen LogP contribution in [0.2, 0.25) is 19.6 Å². The van der Waals surface area contributed by atoms with Gasteiger partial charge in [0, 0.05) is 6.10 Å². The molecule has 2 aromatic carbocycles. The molecule has 0 N–H and O–H groups in total. The van der Waals surface area contributed by atoms with Crippen LogP contribution < -0.4 is 0 Å². The molecule has 0 spiro atoms. The summed E-state index contributed by atoms with van der Waals surface area (Å²) in [4.78, 5) is 0. The molecule has 1 nitrogen and oxygen atoms in total. The van der Waals surface area contributed by atoms with Crippen LogP contribution >= 0.6 is 0 Å². The lowest BCUT2D eigenvalue weighted by Crippen LogP contribution is -2.35. The second-order valence-corrected chi connectivity index (χ2v) is 11.0. The predicted molar refractivity (Wildman–Crippen MR) is 84.2 cm³/mol. The van der Waals surface area contributed by atoms with Crippen LogP contribution in [0.1, 0.15) is 17.5 Å². The Bertz CT molecular complexity index is 598. The molecule has 0 radical (unpaired) electrons. The first kappa shape index (κ1) is 12.9. The fourth-order valence-electron chi connectivity index (χ4n) is 3.02. The van der Waals surface area contributed by atoms with Crippen molar-refractivity contribution in [3.8, 4) is 0 Å². The SMILES string of the molecule is C[Si](C)(C)OC1CCc2cc3ccccc3cc2C1. The van der Waals surface area contributed by atoms with Crippen LogP contribution in [0.15, 0.2) is 36.4 Å². The Balaban J connectivity index is 1.90. The Morgan fingerprint density at radius 2 is 1.63 bits per heavy atom. The molecule has 0 heterocycles. The van der Waals surface area contributed by atoms with Crippen molar-refractivity contribution in [2.75, 3.05) is 0 Å². The van der Waals surface area contributed by atoms with E-state index in [0.717, 1.165) is 12.8 Å². The summed E-state index contributed by atoms with van der Waals surface area (Å²) in [7, 11) is -1.42. The van der Waals surface area contributed by atoms with Gasteiger partial charge < -0.3 is 4.43 Å². The summed E-state index contributed by atoms with van der Waals surface area (Å²) in [6.45, 7) is 6.84. The summed E-state index contributed by atoms with van der Waals surface area (Å²) < 4.78 is 6.29. The number of benzene rings is 2. The maximum atomic E-state index is 6.29. The van der Waals surface area contributed by atoms with Gasteiger partial charge in [-0.1, -0.05) is 36.4 Å². The minimum atomic E-state index is -1.42. The Hall–Kier alpha value is -1.12. The fraction of sp³-hybridized carbons (Fsp3) is 0.412. The monoisotopic (exact) mass is 270 g/mol. The Kier molecular flexibility index (Phi) is 3.23. The molecule has 1 unspecified atom stereocenters. The van der Waals surface area contributed by atoms with Crippen LogP contribution in [0.4, 0.5) is 0 Å². The normalized spacial score (nSPS) is 19.4. The van der Waals surface area contributed by atoms with E-state index >= 15 is 0 Å². The molecule has 0 amide bonds. The van der Waals surface area contributed by atoms with E-state index in [0.29, 0.717) is 6.10 Å². The average Bonchev–Trinajstić information content (AvgIpc) is 2.34. The average molecular weight is 270 g/mol. The molecule has 2 aromatic rings. The van der Waals surface area contributed by atoms with Crippen molar-refractivity contribution in [2.45, 2.75) is 45.0 Å². The zero-order chi connectivity index (χ0) is 13.5. The summed E-state index contributed by atoms with van der Waals surface area (Å²) in [5.74, 6) is 0. The van der Waals surface area contributed by atoms with Crippen LogP contribution in [-0.2, 0) is 17.3 Å². The molecule has 0 saturated heterocycles. The third-order valence-electron chi connectivity index (χ3n) is 3.77. The van der Waals surface area contributed by atoms with Gasteiger partial charge in [0.05, 0.1) is 0 Å². The summed E-state index contributed by atoms with van der Waals surface area (Å²) in [5.41, 5.74) is 3.02. The third-order valence-corrected chi connectivity index (χ3v) is 4.81. The van der Waals surface area contributed by atoms with Gasteiger partial charge in [-0.25, -0.2) is 0 Å². The van der Waals surface area contributed by atoms with Gasteiger partial charge in [-0.2, -0.15) is 0 Å². The van der Waals surface area contributed by atoms with Crippen molar-refractivity contribution < 1.29 is 4.43 Å². The lowest BCUT2D eigenvalue weighted by atomic mass is 9.88. The van der Waals surface area contributed by atoms with Crippen molar-refractivity contribution in [1.82, 2.24) is 0 Å². The summed E-state index contributed by atoms with van der Waals surface area (Å²) in [6.07, 6.45) is 3.86. The highest BCUT2D eigenvalue weighted by atomic mass is 28.4. The van der Waals surface area contributed by atoms with E-state index in [1.54, 1.807) is 0 Å². The van der Waals surface area contributed by atoms with Gasteiger partial charge in [0.1, 0.15) is 0 Å². The Morgan fingerprint density at radius 3 is 2.26 bits per heavy atom. The lowest BCUT2D eigenvalue weighted by Gasteiger charge is -2.30. The van der Waals surface area contributed by atoms with Crippen LogP contribution in [0, 0.1) is 0 Å². The molecular weight excluding hydrogens is 248 g/mol. The van der Waals surface area contributed by atoms with Crippen LogP contribution in [0.25, 0.3) is 10.8 Å². The summed E-state index contributed by atoms with van der Waals surface area (Å²) in [5, 5.41) is 2.72. The number of hydrogen-bond acceptors (Lipinski definition) is 1. The Morgan fingerprint density at radius 1 is 1.00 bits per heavy atom. The zero-order valence-electron chi connectivity index (χ0n) is 12.1.